The van der Waals surface area contributed by atoms with Gasteiger partial charge < -0.3 is 20.1 Å². The summed E-state index contributed by atoms with van der Waals surface area (Å²) in [5, 5.41) is 0. The number of rotatable bonds is 1. The molecule has 3 rings (SSSR count). The topological polar surface area (TPSA) is 47.7 Å². The van der Waals surface area contributed by atoms with Crippen LogP contribution in [-0.4, -0.2) is 32.3 Å². The number of ether oxygens (including phenoxy) is 2. The maximum atomic E-state index is 5.92. The van der Waals surface area contributed by atoms with Crippen molar-refractivity contribution < 1.29 is 9.47 Å². The van der Waals surface area contributed by atoms with E-state index in [1.165, 1.54) is 0 Å². The molecule has 0 saturated carbocycles. The van der Waals surface area contributed by atoms with Crippen LogP contribution in [0.5, 0.6) is 11.5 Å². The second kappa shape index (κ2) is 3.87. The molecule has 2 heterocycles. The zero-order chi connectivity index (χ0) is 11.0. The third-order valence-electron chi connectivity index (χ3n) is 3.11. The van der Waals surface area contributed by atoms with Gasteiger partial charge >= 0.3 is 0 Å². The Hall–Kier alpha value is -1.42. The Kier molecular flexibility index (Phi) is 2.36. The summed E-state index contributed by atoms with van der Waals surface area (Å²) in [7, 11) is 0. The van der Waals surface area contributed by atoms with Crippen LogP contribution in [0.2, 0.25) is 0 Å². The molecule has 4 nitrogen and oxygen atoms in total. The van der Waals surface area contributed by atoms with Gasteiger partial charge in [0.25, 0.3) is 0 Å². The van der Waals surface area contributed by atoms with Crippen LogP contribution in [0.3, 0.4) is 0 Å². The molecule has 0 spiro atoms. The molecule has 1 aromatic carbocycles. The lowest BCUT2D eigenvalue weighted by atomic mass is 10.2. The minimum absolute atomic E-state index is 0.278. The fraction of sp³-hybridized carbons (Fsp3) is 0.500. The highest BCUT2D eigenvalue weighted by molar-refractivity contribution is 5.65. The van der Waals surface area contributed by atoms with Crippen LogP contribution in [0.1, 0.15) is 6.42 Å². The van der Waals surface area contributed by atoms with Crippen molar-refractivity contribution in [2.75, 3.05) is 31.2 Å². The largest absolute Gasteiger partial charge is 0.486 e. The molecular weight excluding hydrogens is 204 g/mol. The lowest BCUT2D eigenvalue weighted by molar-refractivity contribution is 0.172. The third kappa shape index (κ3) is 1.59. The molecule has 2 aliphatic rings. The molecule has 4 heteroatoms. The first-order valence-electron chi connectivity index (χ1n) is 5.74. The van der Waals surface area contributed by atoms with Gasteiger partial charge in [0.05, 0.1) is 5.69 Å². The Bertz CT molecular complexity index is 395. The lowest BCUT2D eigenvalue weighted by Crippen LogP contribution is -2.27. The second-order valence-corrected chi connectivity index (χ2v) is 4.30. The monoisotopic (exact) mass is 220 g/mol. The van der Waals surface area contributed by atoms with E-state index in [0.29, 0.717) is 13.2 Å². The van der Waals surface area contributed by atoms with Crippen molar-refractivity contribution >= 4 is 5.69 Å². The summed E-state index contributed by atoms with van der Waals surface area (Å²) in [5.41, 5.74) is 7.04. The maximum Gasteiger partial charge on any atom is 0.184 e. The van der Waals surface area contributed by atoms with Crippen molar-refractivity contribution in [3.05, 3.63) is 18.2 Å². The summed E-state index contributed by atoms with van der Waals surface area (Å²) in [6.45, 7) is 3.17. The van der Waals surface area contributed by atoms with Crippen LogP contribution in [0.25, 0.3) is 0 Å². The van der Waals surface area contributed by atoms with E-state index in [2.05, 4.69) is 11.0 Å². The number of hydrogen-bond donors (Lipinski definition) is 1. The highest BCUT2D eigenvalue weighted by Gasteiger charge is 2.25. The summed E-state index contributed by atoms with van der Waals surface area (Å²) in [4.78, 5) is 2.28. The average molecular weight is 220 g/mol. The summed E-state index contributed by atoms with van der Waals surface area (Å²) >= 11 is 0. The van der Waals surface area contributed by atoms with Gasteiger partial charge in [-0.2, -0.15) is 0 Å². The van der Waals surface area contributed by atoms with Gasteiger partial charge in [-0.15, -0.1) is 0 Å². The van der Waals surface area contributed by atoms with Crippen molar-refractivity contribution in [2.24, 2.45) is 5.73 Å². The van der Waals surface area contributed by atoms with Crippen LogP contribution in [0.15, 0.2) is 18.2 Å². The van der Waals surface area contributed by atoms with Gasteiger partial charge in [-0.3, -0.25) is 0 Å². The highest BCUT2D eigenvalue weighted by Crippen LogP contribution is 2.40. The first-order valence-corrected chi connectivity index (χ1v) is 5.74. The molecule has 1 fully saturated rings. The van der Waals surface area contributed by atoms with Crippen LogP contribution in [0, 0.1) is 0 Å². The molecule has 0 bridgehead atoms. The molecule has 1 atom stereocenters. The predicted molar refractivity (Wildman–Crippen MR) is 62.2 cm³/mol. The standard InChI is InChI=1S/C12H16N2O2/c13-9-4-5-14(8-9)10-2-1-3-11-12(10)16-7-6-15-11/h1-3,9H,4-8,13H2/t9-/m0/s1. The zero-order valence-corrected chi connectivity index (χ0v) is 9.19. The number of benzene rings is 1. The van der Waals surface area contributed by atoms with E-state index in [1.54, 1.807) is 0 Å². The van der Waals surface area contributed by atoms with E-state index in [4.69, 9.17) is 15.2 Å². The molecule has 0 aliphatic carbocycles. The lowest BCUT2D eigenvalue weighted by Gasteiger charge is -2.26. The zero-order valence-electron chi connectivity index (χ0n) is 9.19. The molecule has 16 heavy (non-hydrogen) atoms. The van der Waals surface area contributed by atoms with Crippen LogP contribution in [0.4, 0.5) is 5.69 Å². The first kappa shape index (κ1) is 9.78. The van der Waals surface area contributed by atoms with Gasteiger partial charge in [-0.25, -0.2) is 0 Å². The number of nitrogens with zero attached hydrogens (tertiary/aromatic N) is 1. The summed E-state index contributed by atoms with van der Waals surface area (Å²) in [6, 6.07) is 6.31. The third-order valence-corrected chi connectivity index (χ3v) is 3.11. The first-order chi connectivity index (χ1) is 7.84. The Morgan fingerprint density at radius 1 is 1.25 bits per heavy atom. The second-order valence-electron chi connectivity index (χ2n) is 4.30. The number of fused-ring (bicyclic) bond motifs is 1. The molecule has 1 saturated heterocycles. The smallest absolute Gasteiger partial charge is 0.184 e. The van der Waals surface area contributed by atoms with Gasteiger partial charge in [-0.05, 0) is 18.6 Å². The van der Waals surface area contributed by atoms with Crippen molar-refractivity contribution in [3.63, 3.8) is 0 Å². The molecule has 86 valence electrons. The minimum Gasteiger partial charge on any atom is -0.486 e. The normalized spacial score (nSPS) is 23.6. The summed E-state index contributed by atoms with van der Waals surface area (Å²) < 4.78 is 11.3. The van der Waals surface area contributed by atoms with Gasteiger partial charge in [-0.1, -0.05) is 6.07 Å². The van der Waals surface area contributed by atoms with Gasteiger partial charge in [0, 0.05) is 19.1 Å². The molecule has 0 amide bonds. The Balaban J connectivity index is 1.94. The van der Waals surface area contributed by atoms with E-state index >= 15 is 0 Å². The van der Waals surface area contributed by atoms with Crippen molar-refractivity contribution in [1.82, 2.24) is 0 Å². The van der Waals surface area contributed by atoms with E-state index < -0.39 is 0 Å². The predicted octanol–water partition coefficient (Wildman–Crippen LogP) is 0.995. The summed E-state index contributed by atoms with van der Waals surface area (Å²) in [6.07, 6.45) is 1.05. The van der Waals surface area contributed by atoms with E-state index in [1.807, 2.05) is 12.1 Å². The van der Waals surface area contributed by atoms with Crippen LogP contribution < -0.4 is 20.1 Å². The quantitative estimate of drug-likeness (QED) is 0.767. The number of para-hydroxylation sites is 1. The van der Waals surface area contributed by atoms with Gasteiger partial charge in [0.15, 0.2) is 11.5 Å². The number of hydrogen-bond acceptors (Lipinski definition) is 4. The highest BCUT2D eigenvalue weighted by atomic mass is 16.6. The van der Waals surface area contributed by atoms with E-state index in [9.17, 15) is 0 Å². The molecule has 2 aliphatic heterocycles. The van der Waals surface area contributed by atoms with Crippen molar-refractivity contribution in [1.29, 1.82) is 0 Å². The maximum absolute atomic E-state index is 5.92. The van der Waals surface area contributed by atoms with E-state index in [-0.39, 0.29) is 6.04 Å². The van der Waals surface area contributed by atoms with Crippen molar-refractivity contribution in [2.45, 2.75) is 12.5 Å². The Labute approximate surface area is 94.9 Å². The number of nitrogens with two attached hydrogens (primary N) is 1. The average Bonchev–Trinajstić information content (AvgIpc) is 2.75. The Morgan fingerprint density at radius 2 is 2.12 bits per heavy atom. The van der Waals surface area contributed by atoms with Gasteiger partial charge in [0.1, 0.15) is 13.2 Å². The molecule has 2 N–H and O–H groups in total. The Morgan fingerprint density at radius 3 is 2.94 bits per heavy atom. The number of anilines is 1. The van der Waals surface area contributed by atoms with Crippen LogP contribution >= 0.6 is 0 Å². The van der Waals surface area contributed by atoms with E-state index in [0.717, 1.165) is 36.7 Å². The molecule has 0 unspecified atom stereocenters. The fourth-order valence-corrected chi connectivity index (χ4v) is 2.31. The molecule has 0 aromatic heterocycles. The SMILES string of the molecule is N[C@H]1CCN(c2cccc3c2OCCO3)C1. The molecule has 0 radical (unpaired) electrons. The summed E-state index contributed by atoms with van der Waals surface area (Å²) in [5.74, 6) is 1.73. The molecule has 1 aromatic rings. The van der Waals surface area contributed by atoms with Gasteiger partial charge in [0.2, 0.25) is 0 Å². The van der Waals surface area contributed by atoms with Crippen LogP contribution in [-0.2, 0) is 0 Å². The minimum atomic E-state index is 0.278. The fourth-order valence-electron chi connectivity index (χ4n) is 2.31. The van der Waals surface area contributed by atoms with Crippen molar-refractivity contribution in [3.8, 4) is 11.5 Å². The molecular formula is C12H16N2O2.